The van der Waals surface area contributed by atoms with Crippen LogP contribution in [-0.4, -0.2) is 39.7 Å². The lowest BCUT2D eigenvalue weighted by atomic mass is 9.80. The van der Waals surface area contributed by atoms with E-state index < -0.39 is 17.9 Å². The van der Waals surface area contributed by atoms with Crippen LogP contribution in [-0.2, 0) is 15.1 Å². The Labute approximate surface area is 182 Å². The van der Waals surface area contributed by atoms with Crippen LogP contribution in [0.4, 0.5) is 4.39 Å². The Bertz CT molecular complexity index is 976. The molecule has 1 aliphatic rings. The lowest BCUT2D eigenvalue weighted by molar-refractivity contribution is -0.0588. The fourth-order valence-corrected chi connectivity index (χ4v) is 4.07. The fraction of sp³-hybridized carbons (Fsp3) is 0.308. The van der Waals surface area contributed by atoms with Gasteiger partial charge in [-0.2, -0.15) is 0 Å². The van der Waals surface area contributed by atoms with E-state index in [4.69, 9.17) is 18.9 Å². The molecule has 1 saturated heterocycles. The number of hydrogen-bond donors (Lipinski definition) is 0. The van der Waals surface area contributed by atoms with Crippen LogP contribution in [0.25, 0.3) is 0 Å². The molecule has 4 rings (SSSR count). The lowest BCUT2D eigenvalue weighted by Gasteiger charge is -2.37. The second kappa shape index (κ2) is 9.50. The maximum absolute atomic E-state index is 14.3. The highest BCUT2D eigenvalue weighted by Gasteiger charge is 2.40. The quantitative estimate of drug-likeness (QED) is 0.471. The third kappa shape index (κ3) is 4.29. The Balaban J connectivity index is 1.88. The van der Waals surface area contributed by atoms with Gasteiger partial charge < -0.3 is 18.9 Å². The van der Waals surface area contributed by atoms with Gasteiger partial charge in [-0.15, -0.1) is 0 Å². The predicted molar refractivity (Wildman–Crippen MR) is 118 cm³/mol. The molecule has 1 heterocycles. The number of alkyl halides is 1. The average Bonchev–Trinajstić information content (AvgIpc) is 3.25. The molecule has 4 nitrogen and oxygen atoms in total. The van der Waals surface area contributed by atoms with Crippen LogP contribution in [0.2, 0.25) is 0 Å². The molecule has 3 aromatic rings. The van der Waals surface area contributed by atoms with Gasteiger partial charge in [0.25, 0.3) is 0 Å². The summed E-state index contributed by atoms with van der Waals surface area (Å²) < 4.78 is 37.5. The number of ether oxygens (including phenoxy) is 4. The molecule has 5 heteroatoms. The van der Waals surface area contributed by atoms with E-state index in [0.717, 1.165) is 28.2 Å². The third-order valence-corrected chi connectivity index (χ3v) is 5.75. The molecule has 3 atom stereocenters. The molecule has 1 unspecified atom stereocenters. The predicted octanol–water partition coefficient (Wildman–Crippen LogP) is 5.14. The molecule has 0 bridgehead atoms. The zero-order valence-corrected chi connectivity index (χ0v) is 17.8. The second-order valence-electron chi connectivity index (χ2n) is 7.53. The summed E-state index contributed by atoms with van der Waals surface area (Å²) in [6.45, 7) is 0.536. The van der Waals surface area contributed by atoms with Crippen molar-refractivity contribution in [2.24, 2.45) is 0 Å². The summed E-state index contributed by atoms with van der Waals surface area (Å²) in [6.07, 6.45) is -1.23. The van der Waals surface area contributed by atoms with Crippen molar-refractivity contribution in [2.45, 2.75) is 24.3 Å². The van der Waals surface area contributed by atoms with Crippen LogP contribution in [0.3, 0.4) is 0 Å². The Morgan fingerprint density at radius 3 is 2.16 bits per heavy atom. The highest BCUT2D eigenvalue weighted by atomic mass is 19.1. The first-order valence-electron chi connectivity index (χ1n) is 10.4. The second-order valence-corrected chi connectivity index (χ2v) is 7.53. The molecule has 162 valence electrons. The summed E-state index contributed by atoms with van der Waals surface area (Å²) in [4.78, 5) is 0. The summed E-state index contributed by atoms with van der Waals surface area (Å²) in [5.41, 5.74) is 1.74. The van der Waals surface area contributed by atoms with Gasteiger partial charge in [-0.05, 0) is 41.0 Å². The van der Waals surface area contributed by atoms with Crippen molar-refractivity contribution in [2.75, 3.05) is 27.4 Å². The number of benzene rings is 3. The fourth-order valence-electron chi connectivity index (χ4n) is 4.07. The molecule has 0 saturated carbocycles. The van der Waals surface area contributed by atoms with Crippen LogP contribution >= 0.6 is 0 Å². The van der Waals surface area contributed by atoms with E-state index >= 15 is 0 Å². The van der Waals surface area contributed by atoms with E-state index in [9.17, 15) is 4.39 Å². The molecule has 0 spiro atoms. The van der Waals surface area contributed by atoms with Crippen molar-refractivity contribution in [1.29, 1.82) is 0 Å². The summed E-state index contributed by atoms with van der Waals surface area (Å²) >= 11 is 0. The van der Waals surface area contributed by atoms with Crippen molar-refractivity contribution in [3.05, 3.63) is 95.6 Å². The van der Waals surface area contributed by atoms with Gasteiger partial charge in [0.1, 0.15) is 29.4 Å². The highest BCUT2D eigenvalue weighted by Crippen LogP contribution is 2.42. The standard InChI is InChI=1S/C26H27FO4/c1-28-22-13-11-20(12-14-22)26(19-7-4-3-5-8-19,21-9-6-10-23(17-21)29-2)31-18-25-24(27)15-16-30-25/h3-14,17,24-25H,15-16,18H2,1-2H3/t24-,25-,26?/m1/s1. The van der Waals surface area contributed by atoms with Crippen molar-refractivity contribution in [1.82, 2.24) is 0 Å². The maximum Gasteiger partial charge on any atom is 0.144 e. The first kappa shape index (κ1) is 21.3. The minimum absolute atomic E-state index is 0.124. The molecule has 1 aliphatic heterocycles. The number of hydrogen-bond acceptors (Lipinski definition) is 4. The summed E-state index contributed by atoms with van der Waals surface area (Å²) in [5, 5.41) is 0. The third-order valence-electron chi connectivity index (χ3n) is 5.75. The minimum Gasteiger partial charge on any atom is -0.497 e. The molecule has 31 heavy (non-hydrogen) atoms. The summed E-state index contributed by atoms with van der Waals surface area (Å²) in [7, 11) is 3.27. The van der Waals surface area contributed by atoms with Crippen LogP contribution < -0.4 is 9.47 Å². The van der Waals surface area contributed by atoms with E-state index in [0.29, 0.717) is 13.0 Å². The number of rotatable bonds is 8. The number of halogens is 1. The molecule has 0 radical (unpaired) electrons. The number of methoxy groups -OCH3 is 2. The molecular weight excluding hydrogens is 395 g/mol. The lowest BCUT2D eigenvalue weighted by Crippen LogP contribution is -2.37. The van der Waals surface area contributed by atoms with Gasteiger partial charge >= 0.3 is 0 Å². The largest absolute Gasteiger partial charge is 0.497 e. The Morgan fingerprint density at radius 2 is 1.52 bits per heavy atom. The first-order valence-corrected chi connectivity index (χ1v) is 10.4. The zero-order chi connectivity index (χ0) is 21.7. The van der Waals surface area contributed by atoms with Crippen LogP contribution in [0, 0.1) is 0 Å². The Morgan fingerprint density at radius 1 is 0.839 bits per heavy atom. The van der Waals surface area contributed by atoms with Gasteiger partial charge in [0, 0.05) is 6.42 Å². The van der Waals surface area contributed by atoms with Crippen molar-refractivity contribution in [3.8, 4) is 11.5 Å². The van der Waals surface area contributed by atoms with Gasteiger partial charge in [-0.25, -0.2) is 4.39 Å². The topological polar surface area (TPSA) is 36.9 Å². The van der Waals surface area contributed by atoms with E-state index in [1.165, 1.54) is 0 Å². The SMILES string of the molecule is COc1ccc(C(OC[C@H]2OCC[C@H]2F)(c2ccccc2)c2cccc(OC)c2)cc1. The van der Waals surface area contributed by atoms with Crippen molar-refractivity contribution < 1.29 is 23.3 Å². The molecule has 3 aromatic carbocycles. The van der Waals surface area contributed by atoms with Crippen LogP contribution in [0.1, 0.15) is 23.1 Å². The summed E-state index contributed by atoms with van der Waals surface area (Å²) in [6, 6.07) is 25.5. The van der Waals surface area contributed by atoms with Crippen molar-refractivity contribution in [3.63, 3.8) is 0 Å². The van der Waals surface area contributed by atoms with Gasteiger partial charge in [0.05, 0.1) is 27.4 Å². The Kier molecular flexibility index (Phi) is 6.54. The zero-order valence-electron chi connectivity index (χ0n) is 17.8. The van der Waals surface area contributed by atoms with Gasteiger partial charge in [-0.3, -0.25) is 0 Å². The summed E-state index contributed by atoms with van der Waals surface area (Å²) in [5.74, 6) is 1.47. The van der Waals surface area contributed by atoms with Crippen molar-refractivity contribution >= 4 is 0 Å². The van der Waals surface area contributed by atoms with E-state index in [-0.39, 0.29) is 6.61 Å². The Hall–Kier alpha value is -2.89. The van der Waals surface area contributed by atoms with Crippen LogP contribution in [0.15, 0.2) is 78.9 Å². The monoisotopic (exact) mass is 422 g/mol. The highest BCUT2D eigenvalue weighted by molar-refractivity contribution is 5.50. The molecule has 1 fully saturated rings. The molecular formula is C26H27FO4. The van der Waals surface area contributed by atoms with E-state index in [1.54, 1.807) is 14.2 Å². The van der Waals surface area contributed by atoms with E-state index in [2.05, 4.69) is 0 Å². The van der Waals surface area contributed by atoms with Crippen LogP contribution in [0.5, 0.6) is 11.5 Å². The molecule has 0 amide bonds. The minimum atomic E-state index is -1.03. The molecule has 0 aromatic heterocycles. The van der Waals surface area contributed by atoms with E-state index in [1.807, 2.05) is 78.9 Å². The maximum atomic E-state index is 14.3. The average molecular weight is 422 g/mol. The normalized spacial score (nSPS) is 20.2. The van der Waals surface area contributed by atoms with Gasteiger partial charge in [-0.1, -0.05) is 54.6 Å². The van der Waals surface area contributed by atoms with Gasteiger partial charge in [0.15, 0.2) is 0 Å². The smallest absolute Gasteiger partial charge is 0.144 e. The molecule has 0 N–H and O–H groups in total. The first-order chi connectivity index (χ1) is 15.2. The van der Waals surface area contributed by atoms with Gasteiger partial charge in [0.2, 0.25) is 0 Å². The molecule has 0 aliphatic carbocycles.